The van der Waals surface area contributed by atoms with Gasteiger partial charge in [-0.3, -0.25) is 9.59 Å². The van der Waals surface area contributed by atoms with Crippen LogP contribution in [-0.2, 0) is 65.2 Å². The van der Waals surface area contributed by atoms with Crippen LogP contribution in [0.15, 0.2) is 54.6 Å². The molecule has 1 aliphatic carbocycles. The first-order chi connectivity index (χ1) is 37.7. The van der Waals surface area contributed by atoms with Crippen LogP contribution in [0.3, 0.4) is 0 Å². The summed E-state index contributed by atoms with van der Waals surface area (Å²) in [5, 5.41) is 14.4. The van der Waals surface area contributed by atoms with E-state index in [4.69, 9.17) is 53.3 Å². The Hall–Kier alpha value is -5.33. The van der Waals surface area contributed by atoms with Gasteiger partial charge in [0.1, 0.15) is 24.0 Å². The number of hydrogen-bond acceptors (Lipinski definition) is 17. The predicted octanol–water partition coefficient (Wildman–Crippen LogP) is 6.22. The molecule has 0 bridgehead atoms. The number of amides is 2. The fourth-order valence-electron chi connectivity index (χ4n) is 9.59. The number of anilines is 1. The van der Waals surface area contributed by atoms with E-state index in [1.807, 2.05) is 48.5 Å². The minimum Gasteiger partial charge on any atom is -0.481 e. The molecule has 77 heavy (non-hydrogen) atoms. The molecule has 0 spiro atoms. The molecule has 21 heteroatoms. The molecule has 1 saturated heterocycles. The average molecular weight is 1090 g/mol. The number of imidazole rings is 1. The summed E-state index contributed by atoms with van der Waals surface area (Å²) in [7, 11) is 0. The average Bonchev–Trinajstić information content (AvgIpc) is 4.19. The monoisotopic (exact) mass is 1090 g/mol. The lowest BCUT2D eigenvalue weighted by Gasteiger charge is -2.32. The number of rotatable bonds is 38. The standard InChI is InChI=1S/C56H79N7O13S/c1-3-4-13-49-61-51-52(53-47(59-54(51)57)36-40(2)77-53)63(49)38-41-14-17-62(18-15-41)19-21-69-23-25-71-27-29-73-31-33-75-35-34-74-32-30-72-28-26-70-24-22-68-20-16-58-55(66)48(37-50(64)65)60-56(67)76-39-46-44-11-7-5-9-42(44)43-10-6-8-12-45(43)46/h5-12,36,41,46,48H,3-4,13-35,37-39H2,1-2H3,(H2,57,59)(H,58,66)(H,60,67)(H,64,65)/t48-/m0/s1. The largest absolute Gasteiger partial charge is 0.481 e. The van der Waals surface area contributed by atoms with Crippen LogP contribution in [-0.4, -0.2) is 187 Å². The highest BCUT2D eigenvalue weighted by molar-refractivity contribution is 7.19. The van der Waals surface area contributed by atoms with Crippen molar-refractivity contribution >= 4 is 56.4 Å². The first-order valence-electron chi connectivity index (χ1n) is 27.2. The smallest absolute Gasteiger partial charge is 0.407 e. The van der Waals surface area contributed by atoms with E-state index in [0.29, 0.717) is 104 Å². The summed E-state index contributed by atoms with van der Waals surface area (Å²) in [6.45, 7) is 15.6. The SMILES string of the molecule is CCCCc1nc2c(N)nc3cc(C)sc3c2n1CC1CCN(CCOCCOCCOCCOCCOCCOCCOCCOCCNC(=O)[C@H](CC(=O)O)NC(=O)OCC2c3ccccc3-c3ccccc32)CC1. The zero-order valence-electron chi connectivity index (χ0n) is 44.8. The van der Waals surface area contributed by atoms with E-state index >= 15 is 0 Å². The Labute approximate surface area is 455 Å². The number of carbonyl (C=O) groups is 3. The number of carboxylic acid groups (broad SMARTS) is 1. The van der Waals surface area contributed by atoms with Gasteiger partial charge in [0.05, 0.1) is 128 Å². The fraction of sp³-hybridized carbons (Fsp3) is 0.589. The number of nitrogens with one attached hydrogen (secondary N) is 2. The van der Waals surface area contributed by atoms with Crippen LogP contribution in [0.5, 0.6) is 0 Å². The molecular weight excluding hydrogens is 1010 g/mol. The second-order valence-corrected chi connectivity index (χ2v) is 20.4. The molecule has 0 radical (unpaired) electrons. The Kier molecular flexibility index (Phi) is 25.1. The second-order valence-electron chi connectivity index (χ2n) is 19.1. The molecule has 2 aromatic carbocycles. The summed E-state index contributed by atoms with van der Waals surface area (Å²) in [6, 6.07) is 16.6. The lowest BCUT2D eigenvalue weighted by Crippen LogP contribution is -2.48. The Balaban J connectivity index is 0.597. The van der Waals surface area contributed by atoms with Crippen LogP contribution in [0, 0.1) is 12.8 Å². The minimum absolute atomic E-state index is 0.0360. The maximum absolute atomic E-state index is 12.8. The van der Waals surface area contributed by atoms with Crippen LogP contribution >= 0.6 is 11.3 Å². The van der Waals surface area contributed by atoms with Crippen LogP contribution < -0.4 is 16.4 Å². The summed E-state index contributed by atoms with van der Waals surface area (Å²) in [6.07, 6.45) is 4.00. The number of aliphatic carboxylic acids is 1. The van der Waals surface area contributed by atoms with Gasteiger partial charge in [-0.2, -0.15) is 0 Å². The third-order valence-electron chi connectivity index (χ3n) is 13.5. The highest BCUT2D eigenvalue weighted by Crippen LogP contribution is 2.44. The van der Waals surface area contributed by atoms with Gasteiger partial charge < -0.3 is 73.6 Å². The molecule has 5 aromatic rings. The molecular formula is C56H79N7O13S. The Morgan fingerprint density at radius 3 is 1.83 bits per heavy atom. The quantitative estimate of drug-likeness (QED) is 0.0321. The fourth-order valence-corrected chi connectivity index (χ4v) is 10.6. The predicted molar refractivity (Wildman–Crippen MR) is 294 cm³/mol. The molecule has 20 nitrogen and oxygen atoms in total. The zero-order valence-corrected chi connectivity index (χ0v) is 45.7. The molecule has 5 N–H and O–H groups in total. The molecule has 7 rings (SSSR count). The van der Waals surface area contributed by atoms with E-state index in [2.05, 4.69) is 45.0 Å². The van der Waals surface area contributed by atoms with Gasteiger partial charge in [0.25, 0.3) is 0 Å². The molecule has 0 saturated carbocycles. The number of ether oxygens (including phenoxy) is 9. The zero-order chi connectivity index (χ0) is 54.0. The first-order valence-corrected chi connectivity index (χ1v) is 28.0. The number of thiophene rings is 1. The van der Waals surface area contributed by atoms with E-state index in [1.165, 1.54) is 15.1 Å². The minimum atomic E-state index is -1.32. The highest BCUT2D eigenvalue weighted by Gasteiger charge is 2.31. The third kappa shape index (κ3) is 18.7. The van der Waals surface area contributed by atoms with Crippen molar-refractivity contribution in [3.63, 3.8) is 0 Å². The maximum Gasteiger partial charge on any atom is 0.407 e. The second kappa shape index (κ2) is 32.5. The van der Waals surface area contributed by atoms with Crippen molar-refractivity contribution in [2.24, 2.45) is 5.92 Å². The van der Waals surface area contributed by atoms with Gasteiger partial charge in [0.2, 0.25) is 5.91 Å². The number of benzene rings is 2. The van der Waals surface area contributed by atoms with Crippen molar-refractivity contribution in [2.75, 3.05) is 144 Å². The molecule has 4 heterocycles. The van der Waals surface area contributed by atoms with Crippen LogP contribution in [0.2, 0.25) is 0 Å². The molecule has 422 valence electrons. The Morgan fingerprint density at radius 1 is 0.753 bits per heavy atom. The molecule has 2 amide bonds. The number of carbonyl (C=O) groups excluding carboxylic acids is 2. The van der Waals surface area contributed by atoms with Crippen molar-refractivity contribution in [3.05, 3.63) is 76.4 Å². The number of piperidine rings is 1. The summed E-state index contributed by atoms with van der Waals surface area (Å²) in [4.78, 5) is 50.4. The molecule has 2 aliphatic rings. The van der Waals surface area contributed by atoms with E-state index in [1.54, 1.807) is 11.3 Å². The van der Waals surface area contributed by atoms with Crippen molar-refractivity contribution < 1.29 is 62.1 Å². The Morgan fingerprint density at radius 2 is 1.29 bits per heavy atom. The normalized spacial score (nSPS) is 14.3. The first kappa shape index (κ1) is 59.3. The highest BCUT2D eigenvalue weighted by atomic mass is 32.1. The van der Waals surface area contributed by atoms with Gasteiger partial charge in [-0.1, -0.05) is 61.9 Å². The van der Waals surface area contributed by atoms with E-state index in [0.717, 1.165) is 97.4 Å². The number of hydrogen-bond donors (Lipinski definition) is 4. The topological polar surface area (TPSA) is 239 Å². The van der Waals surface area contributed by atoms with Crippen molar-refractivity contribution in [3.8, 4) is 11.1 Å². The number of nitrogens with zero attached hydrogens (tertiary/aromatic N) is 4. The Bertz CT molecular complexity index is 2540. The number of likely N-dealkylation sites (tertiary alicyclic amines) is 1. The number of aryl methyl sites for hydroxylation is 2. The summed E-state index contributed by atoms with van der Waals surface area (Å²) in [5.41, 5.74) is 13.7. The van der Waals surface area contributed by atoms with Crippen molar-refractivity contribution in [1.29, 1.82) is 0 Å². The molecule has 1 aliphatic heterocycles. The summed E-state index contributed by atoms with van der Waals surface area (Å²) < 4.78 is 54.0. The third-order valence-corrected chi connectivity index (χ3v) is 14.6. The van der Waals surface area contributed by atoms with Gasteiger partial charge in [-0.25, -0.2) is 14.8 Å². The number of pyridine rings is 1. The lowest BCUT2D eigenvalue weighted by atomic mass is 9.96. The van der Waals surface area contributed by atoms with Gasteiger partial charge in [0.15, 0.2) is 5.82 Å². The number of nitrogens with two attached hydrogens (primary N) is 1. The van der Waals surface area contributed by atoms with Gasteiger partial charge in [-0.05, 0) is 73.5 Å². The van der Waals surface area contributed by atoms with Gasteiger partial charge in [0, 0.05) is 36.9 Å². The number of alkyl carbamates (subject to hydrolysis) is 1. The van der Waals surface area contributed by atoms with Gasteiger partial charge in [-0.15, -0.1) is 11.3 Å². The number of fused-ring (bicyclic) bond motifs is 6. The number of unbranched alkanes of at least 4 members (excludes halogenated alkanes) is 1. The lowest BCUT2D eigenvalue weighted by molar-refractivity contribution is -0.139. The molecule has 1 fully saturated rings. The molecule has 0 unspecified atom stereocenters. The van der Waals surface area contributed by atoms with E-state index in [-0.39, 0.29) is 32.3 Å². The van der Waals surface area contributed by atoms with Crippen LogP contribution in [0.25, 0.3) is 32.4 Å². The van der Waals surface area contributed by atoms with Crippen molar-refractivity contribution in [1.82, 2.24) is 30.1 Å². The van der Waals surface area contributed by atoms with Crippen LogP contribution in [0.4, 0.5) is 10.6 Å². The summed E-state index contributed by atoms with van der Waals surface area (Å²) in [5.74, 6) is 0.188. The molecule has 1 atom stereocenters. The van der Waals surface area contributed by atoms with Gasteiger partial charge >= 0.3 is 12.1 Å². The number of carboxylic acids is 1. The number of nitrogen functional groups attached to an aromatic ring is 1. The van der Waals surface area contributed by atoms with E-state index < -0.39 is 30.4 Å². The van der Waals surface area contributed by atoms with Crippen molar-refractivity contribution in [2.45, 2.75) is 70.9 Å². The molecule has 3 aromatic heterocycles. The van der Waals surface area contributed by atoms with E-state index in [9.17, 15) is 19.5 Å². The number of aromatic nitrogens is 3. The van der Waals surface area contributed by atoms with Crippen LogP contribution in [0.1, 0.15) is 66.8 Å². The maximum atomic E-state index is 12.8. The summed E-state index contributed by atoms with van der Waals surface area (Å²) >= 11 is 1.79.